The number of benzene rings is 2. The van der Waals surface area contributed by atoms with E-state index in [1.165, 1.54) is 12.1 Å². The van der Waals surface area contributed by atoms with Crippen LogP contribution in [0.15, 0.2) is 57.9 Å². The van der Waals surface area contributed by atoms with Crippen molar-refractivity contribution in [3.63, 3.8) is 0 Å². The topological polar surface area (TPSA) is 93.7 Å². The number of carbonyl (C=O) groups is 2. The summed E-state index contributed by atoms with van der Waals surface area (Å²) in [4.78, 5) is 37.0. The van der Waals surface area contributed by atoms with Crippen molar-refractivity contribution in [1.82, 2.24) is 4.90 Å². The molecule has 0 N–H and O–H groups in total. The molecule has 0 spiro atoms. The summed E-state index contributed by atoms with van der Waals surface area (Å²) in [5.41, 5.74) is 1.80. The number of aryl methyl sites for hydroxylation is 1. The van der Waals surface area contributed by atoms with Gasteiger partial charge in [0.05, 0.1) is 16.4 Å². The van der Waals surface area contributed by atoms with E-state index in [-0.39, 0.29) is 17.1 Å². The fraction of sp³-hybridized carbons (Fsp3) is 0.0909. The highest BCUT2D eigenvalue weighted by molar-refractivity contribution is 8.18. The molecule has 1 aliphatic rings. The highest BCUT2D eigenvalue weighted by atomic mass is 35.5. The average Bonchev–Trinajstić information content (AvgIpc) is 3.30. The molecule has 2 amide bonds. The van der Waals surface area contributed by atoms with Crippen LogP contribution in [0.1, 0.15) is 16.9 Å². The maximum Gasteiger partial charge on any atom is 0.293 e. The molecule has 1 aliphatic heterocycles. The smallest absolute Gasteiger partial charge is 0.293 e. The monoisotopic (exact) mass is 488 g/mol. The van der Waals surface area contributed by atoms with Crippen LogP contribution in [-0.2, 0) is 11.3 Å². The molecular weight excluding hydrogens is 475 g/mol. The molecule has 7 nitrogen and oxygen atoms in total. The molecule has 162 valence electrons. The predicted molar refractivity (Wildman–Crippen MR) is 124 cm³/mol. The normalized spacial score (nSPS) is 15.1. The van der Waals surface area contributed by atoms with Crippen LogP contribution in [-0.4, -0.2) is 21.0 Å². The molecule has 0 atom stereocenters. The van der Waals surface area contributed by atoms with Gasteiger partial charge in [-0.1, -0.05) is 29.3 Å². The second kappa shape index (κ2) is 8.82. The first kappa shape index (κ1) is 22.1. The Hall–Kier alpha value is -3.07. The van der Waals surface area contributed by atoms with E-state index in [1.54, 1.807) is 49.4 Å². The van der Waals surface area contributed by atoms with E-state index < -0.39 is 16.1 Å². The van der Waals surface area contributed by atoms with Gasteiger partial charge in [-0.2, -0.15) is 0 Å². The zero-order valence-electron chi connectivity index (χ0n) is 16.5. The van der Waals surface area contributed by atoms with Crippen LogP contribution in [0, 0.1) is 17.0 Å². The summed E-state index contributed by atoms with van der Waals surface area (Å²) in [5.74, 6) is 0.419. The van der Waals surface area contributed by atoms with Gasteiger partial charge in [-0.25, -0.2) is 0 Å². The van der Waals surface area contributed by atoms with Gasteiger partial charge in [0.1, 0.15) is 11.5 Å². The minimum atomic E-state index is -0.449. The van der Waals surface area contributed by atoms with E-state index >= 15 is 0 Å². The third kappa shape index (κ3) is 4.43. The van der Waals surface area contributed by atoms with Gasteiger partial charge in [0.25, 0.3) is 16.8 Å². The minimum absolute atomic E-state index is 0.0231. The van der Waals surface area contributed by atoms with Gasteiger partial charge in [0, 0.05) is 33.3 Å². The molecule has 32 heavy (non-hydrogen) atoms. The first-order valence-corrected chi connectivity index (χ1v) is 10.8. The van der Waals surface area contributed by atoms with Crippen molar-refractivity contribution < 1.29 is 18.9 Å². The summed E-state index contributed by atoms with van der Waals surface area (Å²) in [5, 5.41) is 11.4. The lowest BCUT2D eigenvalue weighted by molar-refractivity contribution is -0.385. The van der Waals surface area contributed by atoms with Crippen LogP contribution in [0.3, 0.4) is 0 Å². The molecule has 0 saturated carbocycles. The molecule has 1 saturated heterocycles. The second-order valence-corrected chi connectivity index (χ2v) is 8.80. The van der Waals surface area contributed by atoms with Crippen molar-refractivity contribution in [2.45, 2.75) is 13.5 Å². The Bertz CT molecular complexity index is 1300. The maximum absolute atomic E-state index is 12.8. The number of nitro groups is 1. The van der Waals surface area contributed by atoms with E-state index in [2.05, 4.69) is 0 Å². The molecule has 0 unspecified atom stereocenters. The number of thioether (sulfide) groups is 1. The molecule has 10 heteroatoms. The number of carbonyl (C=O) groups excluding carboxylic acids is 2. The predicted octanol–water partition coefficient (Wildman–Crippen LogP) is 6.71. The molecule has 1 fully saturated rings. The number of amides is 2. The molecule has 3 aromatic rings. The Morgan fingerprint density at radius 3 is 2.59 bits per heavy atom. The summed E-state index contributed by atoms with van der Waals surface area (Å²) in [6.45, 7) is 1.68. The third-order valence-electron chi connectivity index (χ3n) is 4.80. The van der Waals surface area contributed by atoms with Gasteiger partial charge in [-0.15, -0.1) is 0 Å². The van der Waals surface area contributed by atoms with Gasteiger partial charge >= 0.3 is 0 Å². The fourth-order valence-corrected chi connectivity index (χ4v) is 4.47. The Morgan fingerprint density at radius 2 is 1.91 bits per heavy atom. The van der Waals surface area contributed by atoms with E-state index in [0.29, 0.717) is 38.3 Å². The molecule has 0 bridgehead atoms. The summed E-state index contributed by atoms with van der Waals surface area (Å²) in [6.07, 6.45) is 1.50. The Labute approximate surface area is 196 Å². The van der Waals surface area contributed by atoms with Crippen molar-refractivity contribution in [2.24, 2.45) is 0 Å². The van der Waals surface area contributed by atoms with Crippen molar-refractivity contribution in [2.75, 3.05) is 0 Å². The largest absolute Gasteiger partial charge is 0.457 e. The lowest BCUT2D eigenvalue weighted by Crippen LogP contribution is -2.27. The number of imide groups is 1. The number of nitrogens with zero attached hydrogens (tertiary/aromatic N) is 2. The lowest BCUT2D eigenvalue weighted by atomic mass is 10.1. The van der Waals surface area contributed by atoms with E-state index in [4.69, 9.17) is 27.6 Å². The van der Waals surface area contributed by atoms with E-state index in [9.17, 15) is 19.7 Å². The molecule has 2 heterocycles. The quantitative estimate of drug-likeness (QED) is 0.225. The third-order valence-corrected chi connectivity index (χ3v) is 6.29. The molecule has 4 rings (SSSR count). The SMILES string of the molecule is Cc1cc(-c2ccc(/C=C3\SC(=O)N(Cc4ccc(Cl)cc4Cl)C3=O)o2)ccc1[N+](=O)[O-]. The van der Waals surface area contributed by atoms with Crippen molar-refractivity contribution in [1.29, 1.82) is 0 Å². The van der Waals surface area contributed by atoms with Gasteiger partial charge in [-0.3, -0.25) is 24.6 Å². The van der Waals surface area contributed by atoms with Gasteiger partial charge < -0.3 is 4.42 Å². The lowest BCUT2D eigenvalue weighted by Gasteiger charge is -2.13. The van der Waals surface area contributed by atoms with Crippen molar-refractivity contribution in [3.05, 3.63) is 90.5 Å². The number of halogens is 2. The fourth-order valence-electron chi connectivity index (χ4n) is 3.18. The van der Waals surface area contributed by atoms with Crippen LogP contribution in [0.25, 0.3) is 17.4 Å². The van der Waals surface area contributed by atoms with Crippen molar-refractivity contribution in [3.8, 4) is 11.3 Å². The Balaban J connectivity index is 1.54. The number of furan rings is 1. The summed E-state index contributed by atoms with van der Waals surface area (Å²) >= 11 is 12.9. The van der Waals surface area contributed by atoms with Gasteiger partial charge in [0.2, 0.25) is 0 Å². The number of rotatable bonds is 5. The van der Waals surface area contributed by atoms with E-state index in [1.807, 2.05) is 0 Å². The van der Waals surface area contributed by atoms with Crippen LogP contribution in [0.4, 0.5) is 10.5 Å². The zero-order valence-corrected chi connectivity index (χ0v) is 18.8. The van der Waals surface area contributed by atoms with Gasteiger partial charge in [0.15, 0.2) is 0 Å². The summed E-state index contributed by atoms with van der Waals surface area (Å²) in [6, 6.07) is 12.9. The van der Waals surface area contributed by atoms with Gasteiger partial charge in [-0.05, 0) is 60.6 Å². The van der Waals surface area contributed by atoms with Crippen LogP contribution in [0.2, 0.25) is 10.0 Å². The Kier molecular flexibility index (Phi) is 6.10. The average molecular weight is 489 g/mol. The molecule has 1 aromatic heterocycles. The van der Waals surface area contributed by atoms with Crippen LogP contribution < -0.4 is 0 Å². The number of hydrogen-bond donors (Lipinski definition) is 0. The summed E-state index contributed by atoms with van der Waals surface area (Å²) < 4.78 is 5.78. The zero-order chi connectivity index (χ0) is 23.0. The van der Waals surface area contributed by atoms with Crippen LogP contribution in [0.5, 0.6) is 0 Å². The summed E-state index contributed by atoms with van der Waals surface area (Å²) in [7, 11) is 0. The first-order chi connectivity index (χ1) is 15.2. The Morgan fingerprint density at radius 1 is 1.12 bits per heavy atom. The highest BCUT2D eigenvalue weighted by Gasteiger charge is 2.35. The second-order valence-electron chi connectivity index (χ2n) is 6.96. The molecule has 2 aromatic carbocycles. The van der Waals surface area contributed by atoms with Crippen molar-refractivity contribution >= 4 is 57.9 Å². The molecular formula is C22H14Cl2N2O5S. The maximum atomic E-state index is 12.8. The number of nitro benzene ring substituents is 1. The molecule has 0 radical (unpaired) electrons. The van der Waals surface area contributed by atoms with Crippen LogP contribution >= 0.6 is 35.0 Å². The van der Waals surface area contributed by atoms with E-state index in [0.717, 1.165) is 16.7 Å². The highest BCUT2D eigenvalue weighted by Crippen LogP contribution is 2.35. The standard InChI is InChI=1S/C22H14Cl2N2O5S/c1-12-8-13(3-6-18(12)26(29)30)19-7-5-16(31-19)10-20-21(27)25(22(28)32-20)11-14-2-4-15(23)9-17(14)24/h2-10H,11H2,1H3/b20-10-. The molecule has 0 aliphatic carbocycles. The minimum Gasteiger partial charge on any atom is -0.457 e. The number of hydrogen-bond acceptors (Lipinski definition) is 6. The first-order valence-electron chi connectivity index (χ1n) is 9.27.